The summed E-state index contributed by atoms with van der Waals surface area (Å²) in [5.74, 6) is 0.284. The molecule has 1 N–H and O–H groups in total. The van der Waals surface area contributed by atoms with Crippen molar-refractivity contribution in [3.63, 3.8) is 0 Å². The highest BCUT2D eigenvalue weighted by atomic mass is 16.3. The Bertz CT molecular complexity index is 463. The van der Waals surface area contributed by atoms with Gasteiger partial charge in [-0.3, -0.25) is 4.98 Å². The highest BCUT2D eigenvalue weighted by Crippen LogP contribution is 2.13. The van der Waals surface area contributed by atoms with E-state index in [2.05, 4.69) is 4.98 Å². The van der Waals surface area contributed by atoms with Crippen molar-refractivity contribution in [2.75, 3.05) is 0 Å². The van der Waals surface area contributed by atoms with Crippen molar-refractivity contribution >= 4 is 12.2 Å². The first-order valence-electron chi connectivity index (χ1n) is 4.72. The van der Waals surface area contributed by atoms with Crippen molar-refractivity contribution in [2.45, 2.75) is 0 Å². The molecule has 2 nitrogen and oxygen atoms in total. The zero-order valence-electron chi connectivity index (χ0n) is 8.17. The summed E-state index contributed by atoms with van der Waals surface area (Å²) in [6.07, 6.45) is 7.44. The van der Waals surface area contributed by atoms with Crippen LogP contribution in [0, 0.1) is 0 Å². The van der Waals surface area contributed by atoms with Gasteiger partial charge in [0.15, 0.2) is 0 Å². The molecule has 2 heteroatoms. The Hall–Kier alpha value is -2.09. The monoisotopic (exact) mass is 197 g/mol. The van der Waals surface area contributed by atoms with Crippen LogP contribution >= 0.6 is 0 Å². The normalized spacial score (nSPS) is 10.7. The molecule has 0 radical (unpaired) electrons. The average Bonchev–Trinajstić information content (AvgIpc) is 2.28. The number of phenols is 1. The molecule has 0 aliphatic heterocycles. The average molecular weight is 197 g/mol. The maximum atomic E-state index is 9.27. The number of rotatable bonds is 2. The SMILES string of the molecule is Oc1cccc(C=Cc2ccncc2)c1. The molecule has 2 aromatic rings. The predicted octanol–water partition coefficient (Wildman–Crippen LogP) is 2.96. The molecule has 0 saturated carbocycles. The summed E-state index contributed by atoms with van der Waals surface area (Å²) < 4.78 is 0. The lowest BCUT2D eigenvalue weighted by Gasteiger charge is -1.95. The molecule has 2 rings (SSSR count). The first-order valence-corrected chi connectivity index (χ1v) is 4.72. The topological polar surface area (TPSA) is 33.1 Å². The van der Waals surface area contributed by atoms with Gasteiger partial charge in [0.2, 0.25) is 0 Å². The second kappa shape index (κ2) is 4.42. The van der Waals surface area contributed by atoms with Crippen LogP contribution in [0.3, 0.4) is 0 Å². The van der Waals surface area contributed by atoms with Crippen LogP contribution in [0.25, 0.3) is 12.2 Å². The van der Waals surface area contributed by atoms with E-state index in [1.165, 1.54) is 0 Å². The molecule has 1 aromatic carbocycles. The summed E-state index contributed by atoms with van der Waals surface area (Å²) in [6, 6.07) is 11.0. The van der Waals surface area contributed by atoms with Gasteiger partial charge in [0, 0.05) is 12.4 Å². The van der Waals surface area contributed by atoms with Crippen LogP contribution in [0.15, 0.2) is 48.8 Å². The third kappa shape index (κ3) is 2.68. The van der Waals surface area contributed by atoms with Gasteiger partial charge in [0.25, 0.3) is 0 Å². The Morgan fingerprint density at radius 3 is 2.40 bits per heavy atom. The summed E-state index contributed by atoms with van der Waals surface area (Å²) in [5.41, 5.74) is 2.07. The maximum Gasteiger partial charge on any atom is 0.116 e. The fourth-order valence-electron chi connectivity index (χ4n) is 1.30. The third-order valence-corrected chi connectivity index (χ3v) is 2.04. The Morgan fingerprint density at radius 2 is 1.67 bits per heavy atom. The Morgan fingerprint density at radius 1 is 0.933 bits per heavy atom. The fourth-order valence-corrected chi connectivity index (χ4v) is 1.30. The number of hydrogen-bond acceptors (Lipinski definition) is 2. The largest absolute Gasteiger partial charge is 0.508 e. The van der Waals surface area contributed by atoms with Gasteiger partial charge in [-0.25, -0.2) is 0 Å². The zero-order chi connectivity index (χ0) is 10.5. The van der Waals surface area contributed by atoms with Crippen LogP contribution in [-0.4, -0.2) is 10.1 Å². The number of pyridine rings is 1. The van der Waals surface area contributed by atoms with Crippen molar-refractivity contribution in [1.82, 2.24) is 4.98 Å². The minimum absolute atomic E-state index is 0.284. The number of phenolic OH excluding ortho intramolecular Hbond substituents is 1. The quantitative estimate of drug-likeness (QED) is 0.802. The molecule has 0 aliphatic carbocycles. The van der Waals surface area contributed by atoms with Crippen molar-refractivity contribution in [3.05, 3.63) is 59.9 Å². The van der Waals surface area contributed by atoms with Crippen molar-refractivity contribution in [3.8, 4) is 5.75 Å². The predicted molar refractivity (Wildman–Crippen MR) is 61.3 cm³/mol. The minimum atomic E-state index is 0.284. The van der Waals surface area contributed by atoms with Crippen molar-refractivity contribution in [1.29, 1.82) is 0 Å². The molecule has 0 atom stereocenters. The highest BCUT2D eigenvalue weighted by Gasteiger charge is 1.89. The lowest BCUT2D eigenvalue weighted by Crippen LogP contribution is -1.73. The molecule has 0 amide bonds. The van der Waals surface area contributed by atoms with E-state index in [-0.39, 0.29) is 5.75 Å². The van der Waals surface area contributed by atoms with Gasteiger partial charge in [-0.15, -0.1) is 0 Å². The number of nitrogens with zero attached hydrogens (tertiary/aromatic N) is 1. The second-order valence-corrected chi connectivity index (χ2v) is 3.21. The molecule has 0 bridgehead atoms. The first-order chi connectivity index (χ1) is 7.34. The van der Waals surface area contributed by atoms with Crippen LogP contribution < -0.4 is 0 Å². The first kappa shape index (κ1) is 9.46. The molecule has 0 unspecified atom stereocenters. The standard InChI is InChI=1S/C13H11NO/c15-13-3-1-2-12(10-13)5-4-11-6-8-14-9-7-11/h1-10,15H. The zero-order valence-corrected chi connectivity index (χ0v) is 8.17. The third-order valence-electron chi connectivity index (χ3n) is 2.04. The van der Waals surface area contributed by atoms with Crippen LogP contribution in [0.2, 0.25) is 0 Å². The number of hydrogen-bond donors (Lipinski definition) is 1. The van der Waals surface area contributed by atoms with Gasteiger partial charge in [0.1, 0.15) is 5.75 Å². The molecule has 15 heavy (non-hydrogen) atoms. The van der Waals surface area contributed by atoms with Crippen LogP contribution in [0.5, 0.6) is 5.75 Å². The lowest BCUT2D eigenvalue weighted by atomic mass is 10.1. The van der Waals surface area contributed by atoms with Gasteiger partial charge < -0.3 is 5.11 Å². The van der Waals surface area contributed by atoms with E-state index in [1.807, 2.05) is 36.4 Å². The molecule has 74 valence electrons. The van der Waals surface area contributed by atoms with Crippen LogP contribution in [0.1, 0.15) is 11.1 Å². The molecular formula is C13H11NO. The van der Waals surface area contributed by atoms with Crippen molar-refractivity contribution in [2.24, 2.45) is 0 Å². The van der Waals surface area contributed by atoms with Crippen LogP contribution in [0.4, 0.5) is 0 Å². The molecule has 0 aliphatic rings. The van der Waals surface area contributed by atoms with E-state index in [9.17, 15) is 5.11 Å². The maximum absolute atomic E-state index is 9.27. The van der Waals surface area contributed by atoms with E-state index in [0.717, 1.165) is 11.1 Å². The fraction of sp³-hybridized carbons (Fsp3) is 0. The summed E-state index contributed by atoms with van der Waals surface area (Å²) in [6.45, 7) is 0. The Labute approximate surface area is 88.5 Å². The molecule has 0 spiro atoms. The summed E-state index contributed by atoms with van der Waals surface area (Å²) in [7, 11) is 0. The molecule has 1 aromatic heterocycles. The molecule has 0 fully saturated rings. The smallest absolute Gasteiger partial charge is 0.116 e. The highest BCUT2D eigenvalue weighted by molar-refractivity contribution is 5.69. The molecular weight excluding hydrogens is 186 g/mol. The number of aromatic hydroxyl groups is 1. The Balaban J connectivity index is 2.19. The summed E-state index contributed by atoms with van der Waals surface area (Å²) in [5, 5.41) is 9.27. The van der Waals surface area contributed by atoms with E-state index in [1.54, 1.807) is 24.5 Å². The number of aromatic nitrogens is 1. The molecule has 1 heterocycles. The van der Waals surface area contributed by atoms with Gasteiger partial charge in [-0.2, -0.15) is 0 Å². The van der Waals surface area contributed by atoms with Gasteiger partial charge in [-0.1, -0.05) is 24.3 Å². The molecule has 0 saturated heterocycles. The van der Waals surface area contributed by atoms with E-state index in [0.29, 0.717) is 0 Å². The van der Waals surface area contributed by atoms with E-state index >= 15 is 0 Å². The summed E-state index contributed by atoms with van der Waals surface area (Å²) >= 11 is 0. The Kier molecular flexibility index (Phi) is 2.79. The van der Waals surface area contributed by atoms with Crippen molar-refractivity contribution < 1.29 is 5.11 Å². The van der Waals surface area contributed by atoms with Crippen LogP contribution in [-0.2, 0) is 0 Å². The summed E-state index contributed by atoms with van der Waals surface area (Å²) in [4.78, 5) is 3.94. The van der Waals surface area contributed by atoms with E-state index in [4.69, 9.17) is 0 Å². The van der Waals surface area contributed by atoms with Gasteiger partial charge in [0.05, 0.1) is 0 Å². The van der Waals surface area contributed by atoms with Gasteiger partial charge in [-0.05, 0) is 35.4 Å². The lowest BCUT2D eigenvalue weighted by molar-refractivity contribution is 0.475. The second-order valence-electron chi connectivity index (χ2n) is 3.21. The van der Waals surface area contributed by atoms with Gasteiger partial charge >= 0.3 is 0 Å². The number of benzene rings is 1. The van der Waals surface area contributed by atoms with E-state index < -0.39 is 0 Å². The minimum Gasteiger partial charge on any atom is -0.508 e.